The van der Waals surface area contributed by atoms with Gasteiger partial charge in [0.25, 0.3) is 0 Å². The maximum atomic E-state index is 11.7. The molecule has 1 heterocycles. The molecule has 1 aromatic heterocycles. The van der Waals surface area contributed by atoms with Gasteiger partial charge in [-0.2, -0.15) is 0 Å². The maximum Gasteiger partial charge on any atom is 1.00 e. The van der Waals surface area contributed by atoms with Crippen LogP contribution in [0.15, 0.2) is 60.7 Å². The summed E-state index contributed by atoms with van der Waals surface area (Å²) in [5, 5.41) is 12.4. The van der Waals surface area contributed by atoms with Crippen LogP contribution in [0.2, 0.25) is 0 Å². The number of fused-ring (bicyclic) bond motifs is 1. The molecule has 0 aliphatic carbocycles. The first kappa shape index (κ1) is 20.8. The molecule has 2 aromatic carbocycles. The van der Waals surface area contributed by atoms with E-state index in [0.717, 1.165) is 22.2 Å². The van der Waals surface area contributed by atoms with Crippen LogP contribution >= 0.6 is 0 Å². The summed E-state index contributed by atoms with van der Waals surface area (Å²) in [5.41, 5.74) is 3.33. The number of nitrogens with one attached hydrogen (secondary N) is 1. The van der Waals surface area contributed by atoms with E-state index in [0.29, 0.717) is 5.69 Å². The van der Waals surface area contributed by atoms with Gasteiger partial charge in [0.15, 0.2) is 0 Å². The second kappa shape index (κ2) is 10.0. The first-order valence-electron chi connectivity index (χ1n) is 8.26. The van der Waals surface area contributed by atoms with Gasteiger partial charge < -0.3 is 11.8 Å². The molecular weight excluding hydrogens is 351 g/mol. The van der Waals surface area contributed by atoms with Gasteiger partial charge in [-0.1, -0.05) is 42.5 Å². The maximum absolute atomic E-state index is 11.7. The van der Waals surface area contributed by atoms with Crippen LogP contribution in [0.4, 0.5) is 5.69 Å². The SMILES string of the molecule is O=C(O)CCC(=O)Nc1cccc(C=Cc2ccc3ccccc3n2)c1.[H-].[Na+]. The molecule has 0 radical (unpaired) electrons. The van der Waals surface area contributed by atoms with E-state index in [1.807, 2.05) is 66.7 Å². The van der Waals surface area contributed by atoms with Gasteiger partial charge in [-0.05, 0) is 35.9 Å². The van der Waals surface area contributed by atoms with Gasteiger partial charge in [0.05, 0.1) is 17.6 Å². The van der Waals surface area contributed by atoms with Crippen molar-refractivity contribution in [3.63, 3.8) is 0 Å². The number of anilines is 1. The zero-order valence-corrected chi connectivity index (χ0v) is 17.1. The Hall–Kier alpha value is -2.47. The molecule has 0 atom stereocenters. The molecular formula is C21H19N2NaO3. The average Bonchev–Trinajstić information content (AvgIpc) is 2.65. The molecule has 5 nitrogen and oxygen atoms in total. The van der Waals surface area contributed by atoms with Crippen molar-refractivity contribution in [3.8, 4) is 0 Å². The summed E-state index contributed by atoms with van der Waals surface area (Å²) in [6.07, 6.45) is 3.61. The number of hydrogen-bond acceptors (Lipinski definition) is 3. The molecule has 0 saturated carbocycles. The standard InChI is InChI=1S/C21H18N2O3.Na.H/c24-20(12-13-21(25)26)23-18-6-3-4-15(14-18)8-10-17-11-9-16-5-1-2-7-19(16)22-17;;/h1-11,14H,12-13H2,(H,23,24)(H,25,26);;/q;+1;-1. The average molecular weight is 370 g/mol. The van der Waals surface area contributed by atoms with Gasteiger partial charge in [-0.15, -0.1) is 0 Å². The fourth-order valence-electron chi connectivity index (χ4n) is 2.52. The van der Waals surface area contributed by atoms with Crippen LogP contribution in [0.3, 0.4) is 0 Å². The van der Waals surface area contributed by atoms with Crippen LogP contribution < -0.4 is 34.9 Å². The van der Waals surface area contributed by atoms with Crippen LogP contribution in [0.1, 0.15) is 25.5 Å². The quantitative estimate of drug-likeness (QED) is 0.642. The van der Waals surface area contributed by atoms with Crippen molar-refractivity contribution >= 4 is 40.6 Å². The van der Waals surface area contributed by atoms with Crippen molar-refractivity contribution in [2.45, 2.75) is 12.8 Å². The monoisotopic (exact) mass is 370 g/mol. The number of carboxylic acids is 1. The van der Waals surface area contributed by atoms with Gasteiger partial charge >= 0.3 is 35.5 Å². The van der Waals surface area contributed by atoms with E-state index in [-0.39, 0.29) is 49.7 Å². The predicted octanol–water partition coefficient (Wildman–Crippen LogP) is 1.32. The fraction of sp³-hybridized carbons (Fsp3) is 0.0952. The van der Waals surface area contributed by atoms with E-state index >= 15 is 0 Å². The number of carboxylic acid groups (broad SMARTS) is 1. The van der Waals surface area contributed by atoms with Crippen molar-refractivity contribution in [1.29, 1.82) is 0 Å². The van der Waals surface area contributed by atoms with Crippen molar-refractivity contribution < 1.29 is 45.7 Å². The first-order chi connectivity index (χ1) is 12.6. The topological polar surface area (TPSA) is 79.3 Å². The van der Waals surface area contributed by atoms with Crippen LogP contribution in [0.5, 0.6) is 0 Å². The smallest absolute Gasteiger partial charge is 1.00 e. The number of pyridine rings is 1. The van der Waals surface area contributed by atoms with E-state index in [1.54, 1.807) is 6.07 Å². The summed E-state index contributed by atoms with van der Waals surface area (Å²) < 4.78 is 0. The summed E-state index contributed by atoms with van der Waals surface area (Å²) >= 11 is 0. The molecule has 0 unspecified atom stereocenters. The Labute approximate surface area is 180 Å². The first-order valence-corrected chi connectivity index (χ1v) is 8.26. The zero-order chi connectivity index (χ0) is 18.4. The summed E-state index contributed by atoms with van der Waals surface area (Å²) in [6.45, 7) is 0. The summed E-state index contributed by atoms with van der Waals surface area (Å²) in [6, 6.07) is 19.3. The van der Waals surface area contributed by atoms with E-state index in [9.17, 15) is 9.59 Å². The molecule has 6 heteroatoms. The number of para-hydroxylation sites is 1. The third-order valence-corrected chi connectivity index (χ3v) is 3.80. The number of amides is 1. The normalized spacial score (nSPS) is 10.5. The van der Waals surface area contributed by atoms with E-state index in [1.165, 1.54) is 0 Å². The molecule has 0 bridgehead atoms. The fourth-order valence-corrected chi connectivity index (χ4v) is 2.52. The Kier molecular flexibility index (Phi) is 7.73. The van der Waals surface area contributed by atoms with E-state index in [2.05, 4.69) is 10.3 Å². The number of aromatic nitrogens is 1. The summed E-state index contributed by atoms with van der Waals surface area (Å²) in [4.78, 5) is 26.8. The minimum Gasteiger partial charge on any atom is -1.00 e. The summed E-state index contributed by atoms with van der Waals surface area (Å²) in [5.74, 6) is -1.30. The Morgan fingerprint density at radius 1 is 1.00 bits per heavy atom. The number of rotatable bonds is 6. The minimum atomic E-state index is -0.986. The summed E-state index contributed by atoms with van der Waals surface area (Å²) in [7, 11) is 0. The molecule has 3 aromatic rings. The number of aliphatic carboxylic acids is 1. The second-order valence-electron chi connectivity index (χ2n) is 5.83. The molecule has 27 heavy (non-hydrogen) atoms. The molecule has 132 valence electrons. The van der Waals surface area contributed by atoms with E-state index < -0.39 is 5.97 Å². The van der Waals surface area contributed by atoms with Gasteiger partial charge in [0.2, 0.25) is 5.91 Å². The zero-order valence-electron chi connectivity index (χ0n) is 16.1. The van der Waals surface area contributed by atoms with Gasteiger partial charge in [0.1, 0.15) is 0 Å². The molecule has 0 saturated heterocycles. The van der Waals surface area contributed by atoms with E-state index in [4.69, 9.17) is 5.11 Å². The van der Waals surface area contributed by atoms with Crippen LogP contribution in [0, 0.1) is 0 Å². The van der Waals surface area contributed by atoms with Crippen molar-refractivity contribution in [1.82, 2.24) is 4.98 Å². The Morgan fingerprint density at radius 2 is 1.81 bits per heavy atom. The largest absolute Gasteiger partial charge is 1.00 e. The number of hydrogen-bond donors (Lipinski definition) is 2. The third-order valence-electron chi connectivity index (χ3n) is 3.80. The molecule has 1 amide bonds. The Bertz CT molecular complexity index is 992. The van der Waals surface area contributed by atoms with Gasteiger partial charge in [0, 0.05) is 17.5 Å². The number of benzene rings is 2. The second-order valence-corrected chi connectivity index (χ2v) is 5.83. The molecule has 0 spiro atoms. The molecule has 2 N–H and O–H groups in total. The number of carbonyl (C=O) groups excluding carboxylic acids is 1. The minimum absolute atomic E-state index is 0. The van der Waals surface area contributed by atoms with Crippen molar-refractivity contribution in [2.24, 2.45) is 0 Å². The number of carbonyl (C=O) groups is 2. The molecule has 0 fully saturated rings. The Morgan fingerprint density at radius 3 is 2.63 bits per heavy atom. The third kappa shape index (κ3) is 6.32. The van der Waals surface area contributed by atoms with Crippen LogP contribution in [-0.2, 0) is 9.59 Å². The van der Waals surface area contributed by atoms with Gasteiger partial charge in [-0.25, -0.2) is 4.98 Å². The van der Waals surface area contributed by atoms with Crippen molar-refractivity contribution in [2.75, 3.05) is 5.32 Å². The molecule has 0 aliphatic rings. The van der Waals surface area contributed by atoms with Crippen LogP contribution in [-0.4, -0.2) is 22.0 Å². The predicted molar refractivity (Wildman–Crippen MR) is 104 cm³/mol. The molecule has 3 rings (SSSR count). The number of nitrogens with zero attached hydrogens (tertiary/aromatic N) is 1. The van der Waals surface area contributed by atoms with Crippen molar-refractivity contribution in [3.05, 3.63) is 71.9 Å². The van der Waals surface area contributed by atoms with Crippen LogP contribution in [0.25, 0.3) is 23.1 Å². The van der Waals surface area contributed by atoms with Gasteiger partial charge in [-0.3, -0.25) is 9.59 Å². The Balaban J connectivity index is 0.00000196. The molecule has 0 aliphatic heterocycles.